The number of carbonyl (C=O) groups is 2. The molecule has 0 saturated carbocycles. The van der Waals surface area contributed by atoms with Crippen molar-refractivity contribution in [3.05, 3.63) is 65.7 Å². The molecule has 2 heterocycles. The van der Waals surface area contributed by atoms with E-state index in [9.17, 15) is 18.0 Å². The van der Waals surface area contributed by atoms with E-state index in [1.807, 2.05) is 25.1 Å². The van der Waals surface area contributed by atoms with Crippen molar-refractivity contribution in [1.29, 1.82) is 0 Å². The first-order chi connectivity index (χ1) is 14.9. The molecule has 0 aliphatic carbocycles. The molecule has 0 spiro atoms. The average Bonchev–Trinajstić information content (AvgIpc) is 3.17. The SMILES string of the molecule is Cc1ccc(S(=O)(=O)N2C(=O)CC[C@H]2C(=O)N2CCN(Cc3ccccc3)CC2)cc1. The van der Waals surface area contributed by atoms with E-state index in [2.05, 4.69) is 17.0 Å². The Labute approximate surface area is 183 Å². The van der Waals surface area contributed by atoms with Crippen molar-refractivity contribution in [1.82, 2.24) is 14.1 Å². The van der Waals surface area contributed by atoms with Crippen molar-refractivity contribution < 1.29 is 18.0 Å². The third-order valence-corrected chi connectivity index (χ3v) is 7.80. The highest BCUT2D eigenvalue weighted by molar-refractivity contribution is 7.89. The first kappa shape index (κ1) is 21.5. The van der Waals surface area contributed by atoms with Gasteiger partial charge in [0, 0.05) is 39.1 Å². The number of aryl methyl sites for hydroxylation is 1. The molecule has 0 unspecified atom stereocenters. The largest absolute Gasteiger partial charge is 0.338 e. The Balaban J connectivity index is 1.44. The van der Waals surface area contributed by atoms with E-state index in [4.69, 9.17) is 0 Å². The summed E-state index contributed by atoms with van der Waals surface area (Å²) in [5.74, 6) is -0.789. The number of hydrogen-bond acceptors (Lipinski definition) is 5. The van der Waals surface area contributed by atoms with E-state index in [1.54, 1.807) is 17.0 Å². The zero-order valence-corrected chi connectivity index (χ0v) is 18.4. The second kappa shape index (κ2) is 8.80. The van der Waals surface area contributed by atoms with E-state index in [-0.39, 0.29) is 23.6 Å². The average molecular weight is 442 g/mol. The maximum atomic E-state index is 13.2. The molecule has 2 aliphatic rings. The van der Waals surface area contributed by atoms with Gasteiger partial charge in [-0.1, -0.05) is 48.0 Å². The van der Waals surface area contributed by atoms with Crippen molar-refractivity contribution in [3.63, 3.8) is 0 Å². The van der Waals surface area contributed by atoms with Gasteiger partial charge in [-0.3, -0.25) is 14.5 Å². The number of sulfonamides is 1. The van der Waals surface area contributed by atoms with E-state index >= 15 is 0 Å². The van der Waals surface area contributed by atoms with Crippen molar-refractivity contribution in [3.8, 4) is 0 Å². The Morgan fingerprint density at radius 1 is 0.968 bits per heavy atom. The highest BCUT2D eigenvalue weighted by Gasteiger charge is 2.45. The number of benzene rings is 2. The molecule has 1 atom stereocenters. The standard InChI is InChI=1S/C23H27N3O4S/c1-18-7-9-20(10-8-18)31(29,30)26-21(11-12-22(26)27)23(28)25-15-13-24(14-16-25)17-19-5-3-2-4-6-19/h2-10,21H,11-17H2,1H3/t21-/m0/s1. The molecule has 0 bridgehead atoms. The molecule has 2 amide bonds. The predicted molar refractivity (Wildman–Crippen MR) is 117 cm³/mol. The highest BCUT2D eigenvalue weighted by Crippen LogP contribution is 2.29. The van der Waals surface area contributed by atoms with Gasteiger partial charge in [0.05, 0.1) is 4.90 Å². The van der Waals surface area contributed by atoms with Gasteiger partial charge in [-0.05, 0) is 31.0 Å². The fraction of sp³-hybridized carbons (Fsp3) is 0.391. The second-order valence-electron chi connectivity index (χ2n) is 8.15. The minimum Gasteiger partial charge on any atom is -0.338 e. The van der Waals surface area contributed by atoms with Gasteiger partial charge in [0.15, 0.2) is 0 Å². The van der Waals surface area contributed by atoms with Crippen LogP contribution in [0.4, 0.5) is 0 Å². The summed E-state index contributed by atoms with van der Waals surface area (Å²) in [5, 5.41) is 0. The molecule has 8 heteroatoms. The molecule has 2 aromatic carbocycles. The van der Waals surface area contributed by atoms with E-state index in [1.165, 1.54) is 17.7 Å². The smallest absolute Gasteiger partial charge is 0.267 e. The Hall–Kier alpha value is -2.71. The van der Waals surface area contributed by atoms with Gasteiger partial charge < -0.3 is 4.90 Å². The molecule has 2 saturated heterocycles. The summed E-state index contributed by atoms with van der Waals surface area (Å²) in [6.07, 6.45) is 0.294. The first-order valence-electron chi connectivity index (χ1n) is 10.6. The summed E-state index contributed by atoms with van der Waals surface area (Å²) in [7, 11) is -4.06. The van der Waals surface area contributed by atoms with E-state index < -0.39 is 22.0 Å². The lowest BCUT2D eigenvalue weighted by Gasteiger charge is -2.37. The number of piperazine rings is 1. The molecular weight excluding hydrogens is 414 g/mol. The van der Waals surface area contributed by atoms with Gasteiger partial charge in [-0.25, -0.2) is 12.7 Å². The molecule has 2 aliphatic heterocycles. The van der Waals surface area contributed by atoms with Crippen LogP contribution in [-0.2, 0) is 26.2 Å². The van der Waals surface area contributed by atoms with Crippen molar-refractivity contribution >= 4 is 21.8 Å². The molecule has 2 aromatic rings. The Kier molecular flexibility index (Phi) is 6.11. The molecule has 4 rings (SSSR count). The summed E-state index contributed by atoms with van der Waals surface area (Å²) in [5.41, 5.74) is 2.15. The Bertz CT molecular complexity index is 1050. The summed E-state index contributed by atoms with van der Waals surface area (Å²) < 4.78 is 27.1. The van der Waals surface area contributed by atoms with Crippen LogP contribution in [0.25, 0.3) is 0 Å². The van der Waals surface area contributed by atoms with Gasteiger partial charge in [0.1, 0.15) is 6.04 Å². The Morgan fingerprint density at radius 3 is 2.26 bits per heavy atom. The van der Waals surface area contributed by atoms with Crippen molar-refractivity contribution in [2.24, 2.45) is 0 Å². The number of nitrogens with zero attached hydrogens (tertiary/aromatic N) is 3. The minimum atomic E-state index is -4.06. The Morgan fingerprint density at radius 2 is 1.61 bits per heavy atom. The van der Waals surface area contributed by atoms with E-state index in [0.717, 1.165) is 16.4 Å². The molecule has 164 valence electrons. The molecular formula is C23H27N3O4S. The van der Waals surface area contributed by atoms with Crippen molar-refractivity contribution in [2.45, 2.75) is 37.2 Å². The van der Waals surface area contributed by atoms with E-state index in [0.29, 0.717) is 26.2 Å². The lowest BCUT2D eigenvalue weighted by atomic mass is 10.1. The van der Waals surface area contributed by atoms with Crippen LogP contribution in [-0.4, -0.2) is 66.6 Å². The van der Waals surface area contributed by atoms with Gasteiger partial charge >= 0.3 is 0 Å². The summed E-state index contributed by atoms with van der Waals surface area (Å²) >= 11 is 0. The lowest BCUT2D eigenvalue weighted by Crippen LogP contribution is -2.54. The molecule has 0 radical (unpaired) electrons. The molecule has 31 heavy (non-hydrogen) atoms. The zero-order valence-electron chi connectivity index (χ0n) is 17.6. The van der Waals surface area contributed by atoms with Crippen LogP contribution in [0.1, 0.15) is 24.0 Å². The zero-order chi connectivity index (χ0) is 22.0. The van der Waals surface area contributed by atoms with Crippen LogP contribution >= 0.6 is 0 Å². The quantitative estimate of drug-likeness (QED) is 0.710. The van der Waals surface area contributed by atoms with Crippen LogP contribution < -0.4 is 0 Å². The van der Waals surface area contributed by atoms with Gasteiger partial charge in [-0.2, -0.15) is 0 Å². The third kappa shape index (κ3) is 4.50. The number of hydrogen-bond donors (Lipinski definition) is 0. The molecule has 2 fully saturated rings. The highest BCUT2D eigenvalue weighted by atomic mass is 32.2. The predicted octanol–water partition coefficient (Wildman–Crippen LogP) is 2.02. The molecule has 0 N–H and O–H groups in total. The number of rotatable bonds is 5. The topological polar surface area (TPSA) is 78.0 Å². The fourth-order valence-corrected chi connectivity index (χ4v) is 5.79. The van der Waals surface area contributed by atoms with Gasteiger partial charge in [0.2, 0.25) is 11.8 Å². The van der Waals surface area contributed by atoms with Crippen molar-refractivity contribution in [2.75, 3.05) is 26.2 Å². The summed E-state index contributed by atoms with van der Waals surface area (Å²) in [6.45, 7) is 5.15. The van der Waals surface area contributed by atoms with Crippen LogP contribution in [0.5, 0.6) is 0 Å². The van der Waals surface area contributed by atoms with Crippen LogP contribution in [0.3, 0.4) is 0 Å². The molecule has 0 aromatic heterocycles. The summed E-state index contributed by atoms with van der Waals surface area (Å²) in [6, 6.07) is 15.6. The van der Waals surface area contributed by atoms with Crippen LogP contribution in [0.15, 0.2) is 59.5 Å². The normalized spacial score (nSPS) is 20.3. The monoisotopic (exact) mass is 441 g/mol. The maximum absolute atomic E-state index is 13.2. The number of carbonyl (C=O) groups excluding carboxylic acids is 2. The minimum absolute atomic E-state index is 0.0406. The van der Waals surface area contributed by atoms with Crippen LogP contribution in [0, 0.1) is 6.92 Å². The lowest BCUT2D eigenvalue weighted by molar-refractivity contribution is -0.139. The third-order valence-electron chi connectivity index (χ3n) is 5.96. The second-order valence-corrected chi connectivity index (χ2v) is 9.96. The maximum Gasteiger partial charge on any atom is 0.267 e. The molecule has 7 nitrogen and oxygen atoms in total. The van der Waals surface area contributed by atoms with Gasteiger partial charge in [0.25, 0.3) is 10.0 Å². The first-order valence-corrected chi connectivity index (χ1v) is 12.0. The van der Waals surface area contributed by atoms with Crippen LogP contribution in [0.2, 0.25) is 0 Å². The fourth-order valence-electron chi connectivity index (χ4n) is 4.19. The number of amides is 2. The summed E-state index contributed by atoms with van der Waals surface area (Å²) in [4.78, 5) is 29.7. The van der Waals surface area contributed by atoms with Gasteiger partial charge in [-0.15, -0.1) is 0 Å².